The molecule has 2 aromatic rings. The summed E-state index contributed by atoms with van der Waals surface area (Å²) in [4.78, 5) is 20.7. The second-order valence-electron chi connectivity index (χ2n) is 7.72. The van der Waals surface area contributed by atoms with Crippen LogP contribution < -0.4 is 5.32 Å². The number of nitrogens with one attached hydrogen (secondary N) is 1. The number of carbonyl (C=O) groups is 2. The molecule has 1 amide bonds. The van der Waals surface area contributed by atoms with Crippen molar-refractivity contribution in [3.63, 3.8) is 0 Å². The number of benzene rings is 2. The summed E-state index contributed by atoms with van der Waals surface area (Å²) in [5.41, 5.74) is 1.81. The highest BCUT2D eigenvalue weighted by molar-refractivity contribution is 7.82. The molecular weight excluding hydrogens is 414 g/mol. The number of carboxylic acids is 1. The van der Waals surface area contributed by atoms with Gasteiger partial charge in [-0.15, -0.1) is 18.5 Å². The number of thiol groups is 1. The highest BCUT2D eigenvalue weighted by Crippen LogP contribution is 2.17. The first-order valence-corrected chi connectivity index (χ1v) is 10.1. The Morgan fingerprint density at radius 1 is 1.03 bits per heavy atom. The van der Waals surface area contributed by atoms with Crippen LogP contribution in [0, 0.1) is 11.8 Å². The first-order valence-electron chi connectivity index (χ1n) is 9.63. The molecule has 2 aromatic carbocycles. The Kier molecular flexibility index (Phi) is 9.97. The van der Waals surface area contributed by atoms with Gasteiger partial charge in [0, 0.05) is 0 Å². The lowest BCUT2D eigenvalue weighted by atomic mass is 10.1. The molecule has 0 spiro atoms. The molecule has 0 bridgehead atoms. The average molecular weight is 444 g/mol. The van der Waals surface area contributed by atoms with E-state index in [2.05, 4.69) is 41.9 Å². The van der Waals surface area contributed by atoms with E-state index >= 15 is 0 Å². The van der Waals surface area contributed by atoms with E-state index in [1.165, 1.54) is 11.1 Å². The zero-order chi connectivity index (χ0) is 23.5. The molecule has 0 aliphatic heterocycles. The number of alkyl carbamates (subject to hydrolysis) is 1. The fraction of sp³-hybridized carbons (Fsp3) is 0.333. The topological polar surface area (TPSA) is 95.9 Å². The predicted molar refractivity (Wildman–Crippen MR) is 124 cm³/mol. The number of amides is 1. The van der Waals surface area contributed by atoms with E-state index in [-0.39, 0.29) is 6.42 Å². The van der Waals surface area contributed by atoms with E-state index in [0.29, 0.717) is 5.75 Å². The van der Waals surface area contributed by atoms with Crippen LogP contribution in [0.25, 0.3) is 0 Å². The molecule has 1 unspecified atom stereocenters. The van der Waals surface area contributed by atoms with Gasteiger partial charge in [-0.3, -0.25) is 5.32 Å². The second-order valence-corrected chi connectivity index (χ2v) is 8.49. The van der Waals surface area contributed by atoms with Crippen molar-refractivity contribution in [2.24, 2.45) is 0 Å². The molecule has 0 saturated heterocycles. The first kappa shape index (κ1) is 25.9. The Morgan fingerprint density at radius 3 is 2.06 bits per heavy atom. The van der Waals surface area contributed by atoms with Crippen LogP contribution in [0.15, 0.2) is 54.6 Å². The average Bonchev–Trinajstić information content (AvgIpc) is 2.68. The number of phenols is 1. The zero-order valence-electron chi connectivity index (χ0n) is 18.2. The van der Waals surface area contributed by atoms with E-state index in [1.54, 1.807) is 39.8 Å². The molecule has 1 atom stereocenters. The van der Waals surface area contributed by atoms with Crippen LogP contribution in [-0.4, -0.2) is 32.7 Å². The van der Waals surface area contributed by atoms with E-state index in [4.69, 9.17) is 14.9 Å². The zero-order valence-corrected chi connectivity index (χ0v) is 19.1. The highest BCUT2D eigenvalue weighted by atomic mass is 32.1. The van der Waals surface area contributed by atoms with Crippen molar-refractivity contribution in [2.45, 2.75) is 51.0 Å². The number of rotatable bonds is 5. The smallest absolute Gasteiger partial charge is 0.409 e. The third kappa shape index (κ3) is 10.5. The lowest BCUT2D eigenvalue weighted by molar-refractivity contribution is -0.140. The minimum atomic E-state index is -1.74. The number of carboxylic acid groups (broad SMARTS) is 1. The van der Waals surface area contributed by atoms with Crippen molar-refractivity contribution in [3.05, 3.63) is 65.7 Å². The largest absolute Gasteiger partial charge is 0.508 e. The second kappa shape index (κ2) is 11.9. The van der Waals surface area contributed by atoms with Gasteiger partial charge in [0.25, 0.3) is 0 Å². The first-order chi connectivity index (χ1) is 14.4. The van der Waals surface area contributed by atoms with Gasteiger partial charge in [-0.2, -0.15) is 0 Å². The predicted octanol–water partition coefficient (Wildman–Crippen LogP) is 4.62. The molecule has 0 saturated carbocycles. The maximum Gasteiger partial charge on any atom is 0.409 e. The van der Waals surface area contributed by atoms with Crippen molar-refractivity contribution in [1.82, 2.24) is 5.32 Å². The van der Waals surface area contributed by atoms with E-state index < -0.39 is 22.5 Å². The quantitative estimate of drug-likeness (QED) is 0.307. The monoisotopic (exact) mass is 443 g/mol. The number of aliphatic carboxylic acids is 1. The molecule has 6 nitrogen and oxygen atoms in total. The third-order valence-corrected chi connectivity index (χ3v) is 4.23. The van der Waals surface area contributed by atoms with Gasteiger partial charge in [-0.05, 0) is 57.4 Å². The standard InChI is InChI=1S/C13H12O.C11H17NO4S/c14-13-8-6-12(7-9-13)10-11-4-2-1-3-5-11;1-5-6-7-11(17,8(13)14)12-9(15)16-10(2,3)4/h1-9,14H,10H2;17H,7H2,1-4H3,(H,12,15)(H,13,14). The minimum Gasteiger partial charge on any atom is -0.508 e. The van der Waals surface area contributed by atoms with Crippen LogP contribution >= 0.6 is 12.6 Å². The summed E-state index contributed by atoms with van der Waals surface area (Å²) >= 11 is 3.92. The number of phenolic OH excluding ortho intramolecular Hbond substituents is 1. The maximum absolute atomic E-state index is 11.4. The van der Waals surface area contributed by atoms with Gasteiger partial charge in [-0.25, -0.2) is 9.59 Å². The Bertz CT molecular complexity index is 911. The van der Waals surface area contributed by atoms with Crippen molar-refractivity contribution in [3.8, 4) is 17.6 Å². The van der Waals surface area contributed by atoms with E-state index in [0.717, 1.165) is 6.42 Å². The Labute approximate surface area is 189 Å². The maximum atomic E-state index is 11.4. The van der Waals surface area contributed by atoms with E-state index in [1.807, 2.05) is 30.3 Å². The van der Waals surface area contributed by atoms with Crippen LogP contribution in [0.2, 0.25) is 0 Å². The van der Waals surface area contributed by atoms with Crippen molar-refractivity contribution < 1.29 is 24.5 Å². The van der Waals surface area contributed by atoms with Crippen LogP contribution in [0.4, 0.5) is 4.79 Å². The molecular formula is C24H29NO5S. The van der Waals surface area contributed by atoms with Crippen LogP contribution in [0.3, 0.4) is 0 Å². The molecule has 3 N–H and O–H groups in total. The van der Waals surface area contributed by atoms with E-state index in [9.17, 15) is 9.59 Å². The Morgan fingerprint density at radius 2 is 1.58 bits per heavy atom. The molecule has 0 heterocycles. The molecule has 31 heavy (non-hydrogen) atoms. The van der Waals surface area contributed by atoms with Gasteiger partial charge in [-0.1, -0.05) is 48.4 Å². The van der Waals surface area contributed by atoms with Crippen molar-refractivity contribution in [1.29, 1.82) is 0 Å². The van der Waals surface area contributed by atoms with Crippen LogP contribution in [0.1, 0.15) is 45.2 Å². The van der Waals surface area contributed by atoms with Gasteiger partial charge >= 0.3 is 12.1 Å². The SMILES string of the molecule is CC#CCC(S)(NC(=O)OC(C)(C)C)C(=O)O.Oc1ccc(Cc2ccccc2)cc1. The number of hydrogen-bond acceptors (Lipinski definition) is 5. The summed E-state index contributed by atoms with van der Waals surface area (Å²) < 4.78 is 4.95. The summed E-state index contributed by atoms with van der Waals surface area (Å²) in [6.07, 6.45) is -0.0322. The molecule has 0 fully saturated rings. The van der Waals surface area contributed by atoms with Gasteiger partial charge < -0.3 is 14.9 Å². The van der Waals surface area contributed by atoms with Crippen molar-refractivity contribution in [2.75, 3.05) is 0 Å². The number of ether oxygens (including phenoxy) is 1. The minimum absolute atomic E-state index is 0.110. The van der Waals surface area contributed by atoms with Gasteiger partial charge in [0.1, 0.15) is 11.4 Å². The molecule has 0 aromatic heterocycles. The van der Waals surface area contributed by atoms with Crippen LogP contribution in [-0.2, 0) is 16.0 Å². The summed E-state index contributed by atoms with van der Waals surface area (Å²) in [6, 6.07) is 17.6. The summed E-state index contributed by atoms with van der Waals surface area (Å²) in [6.45, 7) is 6.61. The van der Waals surface area contributed by atoms with Crippen molar-refractivity contribution >= 4 is 24.7 Å². The lowest BCUT2D eigenvalue weighted by Gasteiger charge is -2.26. The molecule has 2 rings (SSSR count). The Balaban J connectivity index is 0.000000314. The molecule has 7 heteroatoms. The van der Waals surface area contributed by atoms with Crippen LogP contribution in [0.5, 0.6) is 5.75 Å². The summed E-state index contributed by atoms with van der Waals surface area (Å²) in [5, 5.41) is 20.3. The normalized spacial score (nSPS) is 12.2. The summed E-state index contributed by atoms with van der Waals surface area (Å²) in [5.74, 6) is 4.14. The highest BCUT2D eigenvalue weighted by Gasteiger charge is 2.37. The van der Waals surface area contributed by atoms with Gasteiger partial charge in [0.2, 0.25) is 0 Å². The lowest BCUT2D eigenvalue weighted by Crippen LogP contribution is -2.51. The Hall–Kier alpha value is -3.11. The third-order valence-electron chi connectivity index (χ3n) is 3.77. The molecule has 0 radical (unpaired) electrons. The summed E-state index contributed by atoms with van der Waals surface area (Å²) in [7, 11) is 0. The van der Waals surface area contributed by atoms with Gasteiger partial charge in [0.15, 0.2) is 4.87 Å². The number of carbonyl (C=O) groups excluding carboxylic acids is 1. The number of hydrogen-bond donors (Lipinski definition) is 4. The van der Waals surface area contributed by atoms with Gasteiger partial charge in [0.05, 0.1) is 6.42 Å². The molecule has 0 aliphatic carbocycles. The molecule has 166 valence electrons. The molecule has 0 aliphatic rings. The fourth-order valence-corrected chi connectivity index (χ4v) is 2.48. The number of aromatic hydroxyl groups is 1. The fourth-order valence-electron chi connectivity index (χ4n) is 2.31.